The Morgan fingerprint density at radius 2 is 1.75 bits per heavy atom. The average molecular weight is 304 g/mol. The van der Waals surface area contributed by atoms with E-state index in [0.717, 1.165) is 44.7 Å². The highest BCUT2D eigenvalue weighted by Gasteiger charge is 2.22. The van der Waals surface area contributed by atoms with Crippen LogP contribution in [0.2, 0.25) is 0 Å². The summed E-state index contributed by atoms with van der Waals surface area (Å²) in [6.07, 6.45) is 7.15. The first-order valence-corrected chi connectivity index (χ1v) is 7.85. The van der Waals surface area contributed by atoms with Crippen molar-refractivity contribution in [1.82, 2.24) is 15.5 Å². The lowest BCUT2D eigenvalue weighted by Crippen LogP contribution is -2.47. The molecule has 1 aliphatic heterocycles. The molecule has 0 aromatic heterocycles. The molecule has 118 valence electrons. The van der Waals surface area contributed by atoms with Crippen LogP contribution in [0.3, 0.4) is 0 Å². The monoisotopic (exact) mass is 303 g/mol. The molecule has 1 saturated carbocycles. The normalized spacial score (nSPS) is 27.9. The largest absolute Gasteiger partial charge is 0.352 e. The van der Waals surface area contributed by atoms with E-state index in [1.165, 1.54) is 12.8 Å². The summed E-state index contributed by atoms with van der Waals surface area (Å²) in [6, 6.07) is 0.989. The highest BCUT2D eigenvalue weighted by atomic mass is 35.5. The van der Waals surface area contributed by atoms with Crippen LogP contribution < -0.4 is 10.6 Å². The summed E-state index contributed by atoms with van der Waals surface area (Å²) < 4.78 is 0. The summed E-state index contributed by atoms with van der Waals surface area (Å²) in [5.74, 6) is 1.05. The Labute approximate surface area is 129 Å². The third kappa shape index (κ3) is 5.58. The van der Waals surface area contributed by atoms with Gasteiger partial charge in [-0.2, -0.15) is 0 Å². The minimum Gasteiger partial charge on any atom is -0.352 e. The Bertz CT molecular complexity index is 287. The summed E-state index contributed by atoms with van der Waals surface area (Å²) >= 11 is 0. The van der Waals surface area contributed by atoms with E-state index in [9.17, 15) is 4.79 Å². The fourth-order valence-corrected chi connectivity index (χ4v) is 3.28. The van der Waals surface area contributed by atoms with Crippen LogP contribution in [-0.4, -0.2) is 49.6 Å². The molecule has 0 atom stereocenters. The van der Waals surface area contributed by atoms with E-state index in [2.05, 4.69) is 29.5 Å². The van der Waals surface area contributed by atoms with Gasteiger partial charge in [-0.25, -0.2) is 0 Å². The molecule has 1 aliphatic carbocycles. The van der Waals surface area contributed by atoms with E-state index in [-0.39, 0.29) is 18.3 Å². The number of amides is 1. The molecule has 2 N–H and O–H groups in total. The predicted molar refractivity (Wildman–Crippen MR) is 85.3 cm³/mol. The first-order valence-electron chi connectivity index (χ1n) is 7.85. The molecule has 1 heterocycles. The van der Waals surface area contributed by atoms with Crippen LogP contribution in [0.5, 0.6) is 0 Å². The number of likely N-dealkylation sites (N-methyl/N-ethyl adjacent to an activating group) is 1. The first-order chi connectivity index (χ1) is 9.15. The lowest BCUT2D eigenvalue weighted by Gasteiger charge is -2.32. The molecular formula is C15H30ClN3O. The predicted octanol–water partition coefficient (Wildman–Crippen LogP) is 1.79. The van der Waals surface area contributed by atoms with Gasteiger partial charge in [-0.15, -0.1) is 12.4 Å². The van der Waals surface area contributed by atoms with Crippen LogP contribution in [0.4, 0.5) is 0 Å². The lowest BCUT2D eigenvalue weighted by molar-refractivity contribution is -0.123. The molecule has 0 radical (unpaired) electrons. The zero-order valence-corrected chi connectivity index (χ0v) is 13.7. The molecule has 2 aliphatic rings. The van der Waals surface area contributed by atoms with E-state index >= 15 is 0 Å². The highest BCUT2D eigenvalue weighted by molar-refractivity contribution is 5.85. The van der Waals surface area contributed by atoms with E-state index in [4.69, 9.17) is 0 Å². The molecule has 0 spiro atoms. The average Bonchev–Trinajstić information content (AvgIpc) is 2.42. The molecule has 2 rings (SSSR count). The number of nitrogens with zero attached hydrogens (tertiary/aromatic N) is 1. The van der Waals surface area contributed by atoms with Gasteiger partial charge in [0.05, 0.1) is 6.54 Å². The summed E-state index contributed by atoms with van der Waals surface area (Å²) in [5.41, 5.74) is 0. The number of halogens is 1. The molecule has 2 fully saturated rings. The SMILES string of the molecule is CC1CCC(NC(=O)CN(C)C2CCNCC2)CC1.Cl. The van der Waals surface area contributed by atoms with E-state index in [0.29, 0.717) is 18.6 Å². The highest BCUT2D eigenvalue weighted by Crippen LogP contribution is 2.23. The maximum absolute atomic E-state index is 12.1. The fourth-order valence-electron chi connectivity index (χ4n) is 3.28. The van der Waals surface area contributed by atoms with Crippen molar-refractivity contribution in [3.8, 4) is 0 Å². The number of hydrogen-bond donors (Lipinski definition) is 2. The van der Waals surface area contributed by atoms with Gasteiger partial charge in [0, 0.05) is 12.1 Å². The Hall–Kier alpha value is -0.320. The van der Waals surface area contributed by atoms with E-state index < -0.39 is 0 Å². The molecule has 0 bridgehead atoms. The second-order valence-electron chi connectivity index (χ2n) is 6.42. The van der Waals surface area contributed by atoms with Gasteiger partial charge in [-0.05, 0) is 64.6 Å². The van der Waals surface area contributed by atoms with Gasteiger partial charge in [-0.1, -0.05) is 6.92 Å². The topological polar surface area (TPSA) is 44.4 Å². The van der Waals surface area contributed by atoms with Crippen LogP contribution in [0, 0.1) is 5.92 Å². The first kappa shape index (κ1) is 17.7. The van der Waals surface area contributed by atoms with Crippen LogP contribution in [0.1, 0.15) is 45.4 Å². The van der Waals surface area contributed by atoms with Crippen molar-refractivity contribution in [2.24, 2.45) is 5.92 Å². The Balaban J connectivity index is 0.00000200. The maximum Gasteiger partial charge on any atom is 0.234 e. The summed E-state index contributed by atoms with van der Waals surface area (Å²) in [7, 11) is 2.08. The lowest BCUT2D eigenvalue weighted by atomic mass is 9.87. The van der Waals surface area contributed by atoms with Crippen molar-refractivity contribution >= 4 is 18.3 Å². The molecule has 0 aromatic carbocycles. The van der Waals surface area contributed by atoms with Gasteiger partial charge < -0.3 is 10.6 Å². The summed E-state index contributed by atoms with van der Waals surface area (Å²) in [4.78, 5) is 14.3. The van der Waals surface area contributed by atoms with Crippen LogP contribution in [0.25, 0.3) is 0 Å². The number of rotatable bonds is 4. The molecule has 5 heteroatoms. The molecule has 1 saturated heterocycles. The van der Waals surface area contributed by atoms with Crippen molar-refractivity contribution in [3.63, 3.8) is 0 Å². The summed E-state index contributed by atoms with van der Waals surface area (Å²) in [6.45, 7) is 5.02. The number of carbonyl (C=O) groups is 1. The van der Waals surface area contributed by atoms with Gasteiger partial charge >= 0.3 is 0 Å². The number of carbonyl (C=O) groups excluding carboxylic acids is 1. The number of hydrogen-bond acceptors (Lipinski definition) is 3. The molecule has 0 aromatic rings. The van der Waals surface area contributed by atoms with Gasteiger partial charge in [0.15, 0.2) is 0 Å². The van der Waals surface area contributed by atoms with Crippen molar-refractivity contribution < 1.29 is 4.79 Å². The van der Waals surface area contributed by atoms with Gasteiger partial charge in [-0.3, -0.25) is 9.69 Å². The van der Waals surface area contributed by atoms with Crippen molar-refractivity contribution in [1.29, 1.82) is 0 Å². The maximum atomic E-state index is 12.1. The molecule has 20 heavy (non-hydrogen) atoms. The fraction of sp³-hybridized carbons (Fsp3) is 0.933. The Morgan fingerprint density at radius 1 is 1.15 bits per heavy atom. The van der Waals surface area contributed by atoms with E-state index in [1.807, 2.05) is 0 Å². The second-order valence-corrected chi connectivity index (χ2v) is 6.42. The number of piperidine rings is 1. The summed E-state index contributed by atoms with van der Waals surface area (Å²) in [5, 5.41) is 6.58. The van der Waals surface area contributed by atoms with Crippen LogP contribution in [0.15, 0.2) is 0 Å². The minimum atomic E-state index is 0. The molecular weight excluding hydrogens is 274 g/mol. The minimum absolute atomic E-state index is 0. The third-order valence-electron chi connectivity index (χ3n) is 4.71. The van der Waals surface area contributed by atoms with E-state index in [1.54, 1.807) is 0 Å². The van der Waals surface area contributed by atoms with Gasteiger partial charge in [0.2, 0.25) is 5.91 Å². The Kier molecular flexibility index (Phi) is 7.85. The molecule has 0 unspecified atom stereocenters. The van der Waals surface area contributed by atoms with Crippen molar-refractivity contribution in [3.05, 3.63) is 0 Å². The molecule has 4 nitrogen and oxygen atoms in total. The quantitative estimate of drug-likeness (QED) is 0.832. The smallest absolute Gasteiger partial charge is 0.234 e. The third-order valence-corrected chi connectivity index (χ3v) is 4.71. The van der Waals surface area contributed by atoms with Crippen molar-refractivity contribution in [2.45, 2.75) is 57.5 Å². The van der Waals surface area contributed by atoms with Gasteiger partial charge in [0.25, 0.3) is 0 Å². The van der Waals surface area contributed by atoms with Gasteiger partial charge in [0.1, 0.15) is 0 Å². The Morgan fingerprint density at radius 3 is 2.35 bits per heavy atom. The van der Waals surface area contributed by atoms with Crippen molar-refractivity contribution in [2.75, 3.05) is 26.7 Å². The van der Waals surface area contributed by atoms with Crippen LogP contribution in [-0.2, 0) is 4.79 Å². The van der Waals surface area contributed by atoms with Crippen LogP contribution >= 0.6 is 12.4 Å². The standard InChI is InChI=1S/C15H29N3O.ClH/c1-12-3-5-13(6-4-12)17-15(19)11-18(2)14-7-9-16-10-8-14;/h12-14,16H,3-11H2,1-2H3,(H,17,19);1H. The zero-order valence-electron chi connectivity index (χ0n) is 12.9. The second kappa shape index (κ2) is 8.85. The zero-order chi connectivity index (χ0) is 13.7. The number of nitrogens with one attached hydrogen (secondary N) is 2. The molecule has 1 amide bonds.